The number of likely N-dealkylation sites (N-methyl/N-ethyl adjacent to an activating group) is 1. The average Bonchev–Trinajstić information content (AvgIpc) is 4.04. The molecule has 2 aliphatic carbocycles. The molecule has 1 aromatic heterocycles. The van der Waals surface area contributed by atoms with Gasteiger partial charge in [0.1, 0.15) is 30.2 Å². The second kappa shape index (κ2) is 15.8. The van der Waals surface area contributed by atoms with Crippen LogP contribution in [0.2, 0.25) is 5.02 Å². The van der Waals surface area contributed by atoms with Crippen molar-refractivity contribution in [2.45, 2.75) is 92.2 Å². The molecule has 0 bridgehead atoms. The number of hydrogen-bond donors (Lipinski definition) is 5. The van der Waals surface area contributed by atoms with Crippen LogP contribution in [0.3, 0.4) is 0 Å². The summed E-state index contributed by atoms with van der Waals surface area (Å²) in [6.07, 6.45) is 2.44. The highest BCUT2D eigenvalue weighted by molar-refractivity contribution is 7.91. The monoisotopic (exact) mass is 716 g/mol. The number of nitrogens with zero attached hydrogens (tertiary/aromatic N) is 2. The highest BCUT2D eigenvalue weighted by Gasteiger charge is 2.45. The van der Waals surface area contributed by atoms with Gasteiger partial charge in [0.05, 0.1) is 23.4 Å². The van der Waals surface area contributed by atoms with E-state index < -0.39 is 46.8 Å². The van der Waals surface area contributed by atoms with E-state index in [0.717, 1.165) is 65.0 Å². The molecular formula is C36H45ClN2O9S. The highest BCUT2D eigenvalue weighted by Crippen LogP contribution is 2.55. The van der Waals surface area contributed by atoms with Gasteiger partial charge in [-0.1, -0.05) is 29.8 Å². The second-order valence-electron chi connectivity index (χ2n) is 13.3. The fourth-order valence-corrected chi connectivity index (χ4v) is 7.67. The van der Waals surface area contributed by atoms with Crippen LogP contribution in [-0.2, 0) is 26.5 Å². The molecular weight excluding hydrogens is 672 g/mol. The van der Waals surface area contributed by atoms with Crippen LogP contribution < -0.4 is 4.74 Å². The molecule has 11 nitrogen and oxygen atoms in total. The van der Waals surface area contributed by atoms with Gasteiger partial charge in [-0.15, -0.1) is 0 Å². The van der Waals surface area contributed by atoms with Crippen molar-refractivity contribution >= 4 is 27.3 Å². The average molecular weight is 717 g/mol. The number of aliphatic hydroxyl groups is 5. The molecule has 0 unspecified atom stereocenters. The molecule has 0 spiro atoms. The predicted molar refractivity (Wildman–Crippen MR) is 184 cm³/mol. The molecule has 3 aromatic rings. The maximum Gasteiger partial charge on any atom is 0.222 e. The maximum absolute atomic E-state index is 13.3. The van der Waals surface area contributed by atoms with Crippen LogP contribution in [0.15, 0.2) is 65.8 Å². The van der Waals surface area contributed by atoms with Crippen molar-refractivity contribution in [3.05, 3.63) is 77.1 Å². The second-order valence-corrected chi connectivity index (χ2v) is 15.8. The Bertz CT molecular complexity index is 1710. The first-order chi connectivity index (χ1) is 23.3. The molecule has 49 heavy (non-hydrogen) atoms. The lowest BCUT2D eigenvalue weighted by atomic mass is 9.85. The maximum atomic E-state index is 13.3. The molecule has 13 heteroatoms. The molecule has 2 aliphatic rings. The molecule has 0 saturated heterocycles. The SMILES string of the molecule is CN(C[C@H](O)[C@@H](O)[C@H](O)[C@H](O)CO)C(=O)CCCS(=O)(=O)c1ccc(Cl)c(CCC2(c3cnccc3-c3ccccc3OC3CC3)CC2)c1. The van der Waals surface area contributed by atoms with Crippen LogP contribution in [0, 0.1) is 0 Å². The Balaban J connectivity index is 1.20. The Kier molecular flexibility index (Phi) is 12.0. The number of carbonyl (C=O) groups excluding carboxylic acids is 1. The van der Waals surface area contributed by atoms with Gasteiger partial charge in [-0.3, -0.25) is 9.78 Å². The van der Waals surface area contributed by atoms with Crippen molar-refractivity contribution in [2.75, 3.05) is 26.0 Å². The molecule has 5 rings (SSSR count). The molecule has 0 aliphatic heterocycles. The van der Waals surface area contributed by atoms with E-state index in [9.17, 15) is 33.6 Å². The zero-order valence-corrected chi connectivity index (χ0v) is 29.1. The first-order valence-electron chi connectivity index (χ1n) is 16.6. The van der Waals surface area contributed by atoms with Gasteiger partial charge >= 0.3 is 0 Å². The number of aromatic nitrogens is 1. The van der Waals surface area contributed by atoms with Crippen LogP contribution >= 0.6 is 11.6 Å². The summed E-state index contributed by atoms with van der Waals surface area (Å²) in [5.74, 6) is 0.112. The van der Waals surface area contributed by atoms with Crippen molar-refractivity contribution in [3.8, 4) is 16.9 Å². The minimum atomic E-state index is -3.75. The Labute approximate surface area is 292 Å². The van der Waals surface area contributed by atoms with Crippen LogP contribution in [-0.4, -0.2) is 106 Å². The van der Waals surface area contributed by atoms with E-state index in [4.69, 9.17) is 21.4 Å². The molecule has 2 saturated carbocycles. The Morgan fingerprint density at radius 2 is 1.76 bits per heavy atom. The summed E-state index contributed by atoms with van der Waals surface area (Å²) in [5.41, 5.74) is 3.90. The summed E-state index contributed by atoms with van der Waals surface area (Å²) in [7, 11) is -2.38. The van der Waals surface area contributed by atoms with Crippen molar-refractivity contribution < 1.29 is 43.5 Å². The summed E-state index contributed by atoms with van der Waals surface area (Å²) in [5, 5.41) is 48.9. The minimum absolute atomic E-state index is 0.0206. The summed E-state index contributed by atoms with van der Waals surface area (Å²) in [4.78, 5) is 18.3. The molecule has 0 radical (unpaired) electrons. The highest BCUT2D eigenvalue weighted by atomic mass is 35.5. The molecule has 266 valence electrons. The van der Waals surface area contributed by atoms with Crippen molar-refractivity contribution in [2.24, 2.45) is 0 Å². The summed E-state index contributed by atoms with van der Waals surface area (Å²) in [6, 6.07) is 14.8. The molecule has 2 fully saturated rings. The van der Waals surface area contributed by atoms with Crippen LogP contribution in [0.1, 0.15) is 56.1 Å². The zero-order chi connectivity index (χ0) is 35.3. The Hall–Kier alpha value is -3.10. The summed E-state index contributed by atoms with van der Waals surface area (Å²) in [6.45, 7) is -1.19. The quantitative estimate of drug-likeness (QED) is 0.132. The van der Waals surface area contributed by atoms with Gasteiger partial charge in [-0.05, 0) is 97.4 Å². The fourth-order valence-electron chi connectivity index (χ4n) is 6.10. The van der Waals surface area contributed by atoms with Crippen molar-refractivity contribution in [3.63, 3.8) is 0 Å². The van der Waals surface area contributed by atoms with Crippen LogP contribution in [0.5, 0.6) is 5.75 Å². The minimum Gasteiger partial charge on any atom is -0.490 e. The van der Waals surface area contributed by atoms with Crippen molar-refractivity contribution in [1.82, 2.24) is 9.88 Å². The molecule has 2 aromatic carbocycles. The molecule has 5 N–H and O–H groups in total. The van der Waals surface area contributed by atoms with Crippen molar-refractivity contribution in [1.29, 1.82) is 0 Å². The number of carbonyl (C=O) groups is 1. The lowest BCUT2D eigenvalue weighted by Gasteiger charge is -2.28. The number of aliphatic hydroxyl groups excluding tert-OH is 5. The van der Waals surface area contributed by atoms with Crippen LogP contribution in [0.25, 0.3) is 11.1 Å². The van der Waals surface area contributed by atoms with E-state index in [0.29, 0.717) is 11.4 Å². The van der Waals surface area contributed by atoms with Gasteiger partial charge < -0.3 is 35.2 Å². The number of sulfone groups is 1. The lowest BCUT2D eigenvalue weighted by molar-refractivity contribution is -0.138. The first-order valence-corrected chi connectivity index (χ1v) is 18.7. The third kappa shape index (κ3) is 9.18. The summed E-state index contributed by atoms with van der Waals surface area (Å²) < 4.78 is 32.8. The van der Waals surface area contributed by atoms with Gasteiger partial charge in [0.15, 0.2) is 9.84 Å². The van der Waals surface area contributed by atoms with E-state index in [1.54, 1.807) is 18.3 Å². The number of para-hydroxylation sites is 1. The molecule has 4 atom stereocenters. The number of ether oxygens (including phenoxy) is 1. The van der Waals surface area contributed by atoms with E-state index in [1.807, 2.05) is 30.5 Å². The largest absolute Gasteiger partial charge is 0.490 e. The van der Waals surface area contributed by atoms with Gasteiger partial charge in [-0.2, -0.15) is 0 Å². The smallest absolute Gasteiger partial charge is 0.222 e. The molecule has 1 heterocycles. The Morgan fingerprint density at radius 1 is 1.04 bits per heavy atom. The van der Waals surface area contributed by atoms with Gasteiger partial charge in [0.25, 0.3) is 0 Å². The third-order valence-corrected chi connectivity index (χ3v) is 11.7. The van der Waals surface area contributed by atoms with Gasteiger partial charge in [0, 0.05) is 43.0 Å². The number of benzene rings is 2. The van der Waals surface area contributed by atoms with Crippen LogP contribution in [0.4, 0.5) is 0 Å². The third-order valence-electron chi connectivity index (χ3n) is 9.51. The Morgan fingerprint density at radius 3 is 2.45 bits per heavy atom. The first kappa shape index (κ1) is 37.2. The number of rotatable bonds is 18. The normalized spacial score (nSPS) is 17.9. The number of hydrogen-bond acceptors (Lipinski definition) is 10. The number of halogens is 1. The zero-order valence-electron chi connectivity index (χ0n) is 27.5. The standard InChI is InChI=1S/C36H45ClN2O9S/c1-39(21-30(41)34(44)35(45)31(42)22-40)33(43)7-4-18-49(46,47)25-10-11-29(37)23(19-25)12-14-36(15-16-36)28-20-38-17-13-26(28)27-5-2-3-6-32(27)48-24-8-9-24/h2-3,5-6,10-11,13,17,19-20,24,30-31,34-35,40-42,44-45H,4,7-9,12,14-16,18,21-22H2,1H3/t30-,31+,34+,35+/m0/s1. The fraction of sp³-hybridized carbons (Fsp3) is 0.500. The van der Waals surface area contributed by atoms with Gasteiger partial charge in [0.2, 0.25) is 5.91 Å². The lowest BCUT2D eigenvalue weighted by Crippen LogP contribution is -2.49. The van der Waals surface area contributed by atoms with E-state index in [2.05, 4.69) is 11.1 Å². The molecule has 1 amide bonds. The predicted octanol–water partition coefficient (Wildman–Crippen LogP) is 3.06. The topological polar surface area (TPSA) is 178 Å². The summed E-state index contributed by atoms with van der Waals surface area (Å²) >= 11 is 6.58. The van der Waals surface area contributed by atoms with Gasteiger partial charge in [-0.25, -0.2) is 8.42 Å². The van der Waals surface area contributed by atoms with E-state index in [1.165, 1.54) is 13.1 Å². The number of aryl methyl sites for hydroxylation is 1. The number of amides is 1. The van der Waals surface area contributed by atoms with E-state index >= 15 is 0 Å². The number of pyridine rings is 1. The van der Waals surface area contributed by atoms with E-state index in [-0.39, 0.29) is 41.6 Å².